The second kappa shape index (κ2) is 6.40. The molecule has 0 aliphatic rings. The van der Waals surface area contributed by atoms with E-state index in [1.165, 1.54) is 18.9 Å². The van der Waals surface area contributed by atoms with Crippen LogP contribution in [0.1, 0.15) is 19.5 Å². The molecule has 7 heteroatoms. The number of thioether (sulfide) groups is 1. The molecule has 5 nitrogen and oxygen atoms in total. The molecular formula is C12H17N3O2S2. The third-order valence-electron chi connectivity index (χ3n) is 2.56. The lowest BCUT2D eigenvalue weighted by molar-refractivity contribution is -0.137. The van der Waals surface area contributed by atoms with Crippen LogP contribution in [0.4, 0.5) is 0 Å². The second-order valence-electron chi connectivity index (χ2n) is 4.32. The first kappa shape index (κ1) is 14.4. The van der Waals surface area contributed by atoms with Gasteiger partial charge in [0.15, 0.2) is 4.96 Å². The number of rotatable bonds is 6. The van der Waals surface area contributed by atoms with Crippen LogP contribution in [0.3, 0.4) is 0 Å². The van der Waals surface area contributed by atoms with E-state index < -0.39 is 0 Å². The minimum absolute atomic E-state index is 0.232. The molecule has 0 fully saturated rings. The molecule has 0 aliphatic carbocycles. The number of carbonyl (C=O) groups is 1. The van der Waals surface area contributed by atoms with Gasteiger partial charge in [-0.05, 0) is 0 Å². The minimum atomic E-state index is -0.232. The van der Waals surface area contributed by atoms with Crippen LogP contribution >= 0.6 is 23.1 Å². The first-order chi connectivity index (χ1) is 9.11. The van der Waals surface area contributed by atoms with Gasteiger partial charge in [-0.15, -0.1) is 11.3 Å². The fourth-order valence-electron chi connectivity index (χ4n) is 1.58. The summed E-state index contributed by atoms with van der Waals surface area (Å²) in [6.07, 6.45) is 2.01. The van der Waals surface area contributed by atoms with Crippen LogP contribution in [0.2, 0.25) is 0 Å². The molecule has 0 saturated carbocycles. The van der Waals surface area contributed by atoms with Crippen molar-refractivity contribution in [3.8, 4) is 0 Å². The maximum atomic E-state index is 11.2. The van der Waals surface area contributed by atoms with Crippen LogP contribution in [-0.4, -0.2) is 34.3 Å². The number of aromatic nitrogens is 2. The molecule has 2 aromatic rings. The number of methoxy groups -OCH3 is 1. The average molecular weight is 299 g/mol. The van der Waals surface area contributed by atoms with Gasteiger partial charge >= 0.3 is 5.97 Å². The lowest BCUT2D eigenvalue weighted by Crippen LogP contribution is -2.23. The van der Waals surface area contributed by atoms with Gasteiger partial charge in [-0.1, -0.05) is 25.6 Å². The summed E-state index contributed by atoms with van der Waals surface area (Å²) in [6, 6.07) is 0.405. The van der Waals surface area contributed by atoms with Crippen molar-refractivity contribution in [2.45, 2.75) is 31.5 Å². The molecule has 0 radical (unpaired) electrons. The van der Waals surface area contributed by atoms with Crippen molar-refractivity contribution in [2.24, 2.45) is 0 Å². The molecule has 0 amide bonds. The molecule has 1 N–H and O–H groups in total. The monoisotopic (exact) mass is 299 g/mol. The van der Waals surface area contributed by atoms with Crippen molar-refractivity contribution in [3.05, 3.63) is 17.3 Å². The summed E-state index contributed by atoms with van der Waals surface area (Å²) in [7, 11) is 1.40. The predicted molar refractivity (Wildman–Crippen MR) is 77.8 cm³/mol. The third-order valence-corrected chi connectivity index (χ3v) is 4.29. The van der Waals surface area contributed by atoms with E-state index in [2.05, 4.69) is 33.3 Å². The Morgan fingerprint density at radius 3 is 3.11 bits per heavy atom. The summed E-state index contributed by atoms with van der Waals surface area (Å²) < 4.78 is 6.73. The zero-order valence-corrected chi connectivity index (χ0v) is 12.8. The molecule has 19 heavy (non-hydrogen) atoms. The summed E-state index contributed by atoms with van der Waals surface area (Å²) in [5.41, 5.74) is 1.10. The van der Waals surface area contributed by atoms with Gasteiger partial charge < -0.3 is 10.1 Å². The van der Waals surface area contributed by atoms with E-state index in [1.807, 2.05) is 11.6 Å². The first-order valence-corrected chi connectivity index (χ1v) is 7.85. The third kappa shape index (κ3) is 3.49. The van der Waals surface area contributed by atoms with E-state index in [0.717, 1.165) is 22.2 Å². The normalized spacial score (nSPS) is 11.4. The van der Waals surface area contributed by atoms with Crippen LogP contribution in [-0.2, 0) is 16.1 Å². The minimum Gasteiger partial charge on any atom is -0.468 e. The van der Waals surface area contributed by atoms with Gasteiger partial charge in [-0.25, -0.2) is 4.98 Å². The smallest absolute Gasteiger partial charge is 0.316 e. The Balaban J connectivity index is 2.18. The van der Waals surface area contributed by atoms with Gasteiger partial charge in [-0.3, -0.25) is 9.20 Å². The zero-order valence-electron chi connectivity index (χ0n) is 11.2. The highest BCUT2D eigenvalue weighted by atomic mass is 32.2. The average Bonchev–Trinajstić information content (AvgIpc) is 2.93. The molecule has 0 aromatic carbocycles. The molecule has 2 aromatic heterocycles. The van der Waals surface area contributed by atoms with Crippen molar-refractivity contribution in [1.82, 2.24) is 14.7 Å². The number of ether oxygens (including phenoxy) is 1. The van der Waals surface area contributed by atoms with Gasteiger partial charge in [-0.2, -0.15) is 0 Å². The van der Waals surface area contributed by atoms with Gasteiger partial charge in [0.1, 0.15) is 5.03 Å². The van der Waals surface area contributed by atoms with E-state index in [0.29, 0.717) is 6.04 Å². The molecule has 0 unspecified atom stereocenters. The number of hydrogen-bond acceptors (Lipinski definition) is 6. The van der Waals surface area contributed by atoms with Crippen LogP contribution in [0, 0.1) is 0 Å². The molecule has 2 heterocycles. The molecule has 0 aliphatic heterocycles. The highest BCUT2D eigenvalue weighted by Gasteiger charge is 2.15. The quantitative estimate of drug-likeness (QED) is 0.654. The number of hydrogen-bond donors (Lipinski definition) is 1. The Bertz CT molecular complexity index is 562. The SMILES string of the molecule is COC(=O)CSc1nc2sccn2c1CNC(C)C. The Morgan fingerprint density at radius 2 is 2.42 bits per heavy atom. The van der Waals surface area contributed by atoms with Gasteiger partial charge in [0.05, 0.1) is 18.6 Å². The molecule has 2 rings (SSSR count). The summed E-state index contributed by atoms with van der Waals surface area (Å²) in [5, 5.41) is 6.29. The van der Waals surface area contributed by atoms with Crippen molar-refractivity contribution >= 4 is 34.0 Å². The number of nitrogens with one attached hydrogen (secondary N) is 1. The summed E-state index contributed by atoms with van der Waals surface area (Å²) >= 11 is 3.01. The number of thiazole rings is 1. The molecule has 0 atom stereocenters. The highest BCUT2D eigenvalue weighted by Crippen LogP contribution is 2.26. The van der Waals surface area contributed by atoms with Crippen molar-refractivity contribution in [1.29, 1.82) is 0 Å². The topological polar surface area (TPSA) is 55.6 Å². The van der Waals surface area contributed by atoms with E-state index in [4.69, 9.17) is 0 Å². The van der Waals surface area contributed by atoms with E-state index in [9.17, 15) is 4.79 Å². The molecular weight excluding hydrogens is 282 g/mol. The zero-order chi connectivity index (χ0) is 13.8. The maximum absolute atomic E-state index is 11.2. The predicted octanol–water partition coefficient (Wildman–Crippen LogP) is 2.16. The van der Waals surface area contributed by atoms with E-state index in [-0.39, 0.29) is 11.7 Å². The van der Waals surface area contributed by atoms with Crippen LogP contribution in [0.15, 0.2) is 16.6 Å². The lowest BCUT2D eigenvalue weighted by Gasteiger charge is -2.08. The standard InChI is InChI=1S/C12H17N3O2S2/c1-8(2)13-6-9-11(19-7-10(16)17-3)14-12-15(9)4-5-18-12/h4-5,8,13H,6-7H2,1-3H3. The van der Waals surface area contributed by atoms with Gasteiger partial charge in [0, 0.05) is 24.2 Å². The van der Waals surface area contributed by atoms with Crippen molar-refractivity contribution in [3.63, 3.8) is 0 Å². The number of imidazole rings is 1. The van der Waals surface area contributed by atoms with Crippen LogP contribution in [0.5, 0.6) is 0 Å². The maximum Gasteiger partial charge on any atom is 0.316 e. The summed E-state index contributed by atoms with van der Waals surface area (Å²) in [4.78, 5) is 16.7. The fourth-order valence-corrected chi connectivity index (χ4v) is 3.23. The number of nitrogens with zero attached hydrogens (tertiary/aromatic N) is 2. The number of esters is 1. The highest BCUT2D eigenvalue weighted by molar-refractivity contribution is 7.99. The summed E-state index contributed by atoms with van der Waals surface area (Å²) in [6.45, 7) is 4.94. The molecule has 0 saturated heterocycles. The number of fused-ring (bicyclic) bond motifs is 1. The Hall–Kier alpha value is -1.05. The largest absolute Gasteiger partial charge is 0.468 e. The molecule has 104 valence electrons. The Kier molecular flexibility index (Phi) is 4.84. The van der Waals surface area contributed by atoms with Crippen LogP contribution < -0.4 is 5.32 Å². The van der Waals surface area contributed by atoms with Gasteiger partial charge in [0.2, 0.25) is 0 Å². The summed E-state index contributed by atoms with van der Waals surface area (Å²) in [5.74, 6) is 0.0554. The Labute approximate surface area is 120 Å². The first-order valence-electron chi connectivity index (χ1n) is 5.99. The Morgan fingerprint density at radius 1 is 1.63 bits per heavy atom. The fraction of sp³-hybridized carbons (Fsp3) is 0.500. The molecule has 0 bridgehead atoms. The number of carbonyl (C=O) groups excluding carboxylic acids is 1. The van der Waals surface area contributed by atoms with E-state index in [1.54, 1.807) is 11.3 Å². The van der Waals surface area contributed by atoms with Crippen LogP contribution in [0.25, 0.3) is 4.96 Å². The van der Waals surface area contributed by atoms with Gasteiger partial charge in [0.25, 0.3) is 0 Å². The van der Waals surface area contributed by atoms with E-state index >= 15 is 0 Å². The van der Waals surface area contributed by atoms with Crippen molar-refractivity contribution in [2.75, 3.05) is 12.9 Å². The lowest BCUT2D eigenvalue weighted by atomic mass is 10.3. The molecule has 0 spiro atoms. The second-order valence-corrected chi connectivity index (χ2v) is 6.16. The van der Waals surface area contributed by atoms with Crippen molar-refractivity contribution < 1.29 is 9.53 Å².